The third-order valence-electron chi connectivity index (χ3n) is 8.92. The molecule has 10 heteroatoms. The summed E-state index contributed by atoms with van der Waals surface area (Å²) in [5, 5.41) is 2.49. The van der Waals surface area contributed by atoms with E-state index in [1.807, 2.05) is 14.1 Å². The number of aryl methyl sites for hydroxylation is 1. The van der Waals surface area contributed by atoms with Gasteiger partial charge in [0, 0.05) is 42.8 Å². The standard InChI is InChI=1S/C33H39N7O3/c1-6-30(41)40-16-15-39(18-24(40)17-34-3)32-25-13-14-38(27-12-8-11-23-10-7-9-22(2)31(23)27)19-26(25)35-33(36-32)43-29-21-42-20-28(29)37(4)5/h6-12,24,28-29H,1,13-21H2,2,4-5H3/t24-,28-,29-/m0/s1. The number of rotatable bonds is 7. The van der Waals surface area contributed by atoms with Gasteiger partial charge in [-0.05, 0) is 50.5 Å². The summed E-state index contributed by atoms with van der Waals surface area (Å²) in [7, 11) is 4.06. The Balaban J connectivity index is 1.37. The average molecular weight is 582 g/mol. The molecule has 10 nitrogen and oxygen atoms in total. The van der Waals surface area contributed by atoms with Gasteiger partial charge in [-0.15, -0.1) is 0 Å². The summed E-state index contributed by atoms with van der Waals surface area (Å²) < 4.78 is 12.2. The number of hydrogen-bond acceptors (Lipinski definition) is 8. The third-order valence-corrected chi connectivity index (χ3v) is 8.92. The van der Waals surface area contributed by atoms with Gasteiger partial charge in [-0.25, -0.2) is 6.57 Å². The fraction of sp³-hybridized carbons (Fsp3) is 0.455. The van der Waals surface area contributed by atoms with Crippen molar-refractivity contribution in [3.05, 3.63) is 77.3 Å². The fourth-order valence-electron chi connectivity index (χ4n) is 6.65. The van der Waals surface area contributed by atoms with E-state index in [0.29, 0.717) is 45.4 Å². The zero-order chi connectivity index (χ0) is 30.1. The highest BCUT2D eigenvalue weighted by atomic mass is 16.6. The second kappa shape index (κ2) is 12.2. The van der Waals surface area contributed by atoms with E-state index in [0.717, 1.165) is 30.0 Å². The van der Waals surface area contributed by atoms with Crippen LogP contribution < -0.4 is 14.5 Å². The van der Waals surface area contributed by atoms with Crippen LogP contribution in [0.4, 0.5) is 11.5 Å². The van der Waals surface area contributed by atoms with E-state index >= 15 is 0 Å². The molecule has 224 valence electrons. The zero-order valence-corrected chi connectivity index (χ0v) is 25.2. The Kier molecular flexibility index (Phi) is 8.19. The first-order valence-corrected chi connectivity index (χ1v) is 14.9. The van der Waals surface area contributed by atoms with Crippen molar-refractivity contribution < 1.29 is 14.3 Å². The predicted molar refractivity (Wildman–Crippen MR) is 168 cm³/mol. The number of aromatic nitrogens is 2. The van der Waals surface area contributed by atoms with Gasteiger partial charge in [0.25, 0.3) is 0 Å². The molecule has 0 N–H and O–H groups in total. The molecule has 2 fully saturated rings. The molecule has 4 heterocycles. The van der Waals surface area contributed by atoms with Crippen molar-refractivity contribution in [1.29, 1.82) is 0 Å². The van der Waals surface area contributed by atoms with Gasteiger partial charge in [0.1, 0.15) is 18.0 Å². The Morgan fingerprint density at radius 1 is 1.16 bits per heavy atom. The topological polar surface area (TPSA) is 78.6 Å². The minimum absolute atomic E-state index is 0.106. The van der Waals surface area contributed by atoms with Crippen LogP contribution in [-0.4, -0.2) is 104 Å². The summed E-state index contributed by atoms with van der Waals surface area (Å²) in [6.07, 6.45) is 1.93. The average Bonchev–Trinajstić information content (AvgIpc) is 3.48. The van der Waals surface area contributed by atoms with E-state index < -0.39 is 0 Å². The molecule has 43 heavy (non-hydrogen) atoms. The number of anilines is 2. The Labute approximate surface area is 253 Å². The molecule has 3 aromatic rings. The van der Waals surface area contributed by atoms with E-state index in [1.165, 1.54) is 28.1 Å². The number of benzene rings is 2. The number of amides is 1. The van der Waals surface area contributed by atoms with Crippen LogP contribution in [0.5, 0.6) is 6.01 Å². The van der Waals surface area contributed by atoms with E-state index in [1.54, 1.807) is 4.90 Å². The van der Waals surface area contributed by atoms with Crippen LogP contribution in [0.3, 0.4) is 0 Å². The number of fused-ring (bicyclic) bond motifs is 2. The highest BCUT2D eigenvalue weighted by molar-refractivity contribution is 5.97. The molecule has 3 aliphatic rings. The summed E-state index contributed by atoms with van der Waals surface area (Å²) >= 11 is 0. The minimum Gasteiger partial charge on any atom is -0.456 e. The van der Waals surface area contributed by atoms with Crippen molar-refractivity contribution in [3.63, 3.8) is 0 Å². The molecule has 0 radical (unpaired) electrons. The highest BCUT2D eigenvalue weighted by Gasteiger charge is 2.36. The largest absolute Gasteiger partial charge is 0.456 e. The van der Waals surface area contributed by atoms with Crippen molar-refractivity contribution in [3.8, 4) is 6.01 Å². The lowest BCUT2D eigenvalue weighted by Crippen LogP contribution is -2.56. The SMILES string of the molecule is [C-]#[N+]C[C@H]1CN(c2nc(O[C@H]3COC[C@@H]3N(C)C)nc3c2CCN(c2cccc4cccc(C)c24)C3)CCN1C(=O)C=C. The number of ether oxygens (including phenoxy) is 2. The van der Waals surface area contributed by atoms with Crippen LogP contribution in [0, 0.1) is 13.5 Å². The Bertz CT molecular complexity index is 1560. The van der Waals surface area contributed by atoms with Gasteiger partial charge in [-0.1, -0.05) is 36.9 Å². The number of nitrogens with zero attached hydrogens (tertiary/aromatic N) is 7. The quantitative estimate of drug-likeness (QED) is 0.311. The Morgan fingerprint density at radius 2 is 1.98 bits per heavy atom. The first-order valence-electron chi connectivity index (χ1n) is 14.9. The maximum atomic E-state index is 12.6. The molecule has 0 spiro atoms. The summed E-state index contributed by atoms with van der Waals surface area (Å²) in [6.45, 7) is 17.7. The molecule has 3 atom stereocenters. The second-order valence-corrected chi connectivity index (χ2v) is 11.8. The van der Waals surface area contributed by atoms with Crippen LogP contribution in [0.15, 0.2) is 49.1 Å². The Morgan fingerprint density at radius 3 is 2.74 bits per heavy atom. The van der Waals surface area contributed by atoms with E-state index in [9.17, 15) is 4.79 Å². The molecule has 0 saturated carbocycles. The third kappa shape index (κ3) is 5.63. The summed E-state index contributed by atoms with van der Waals surface area (Å²) in [4.78, 5) is 34.7. The predicted octanol–water partition coefficient (Wildman–Crippen LogP) is 3.33. The smallest absolute Gasteiger partial charge is 0.319 e. The van der Waals surface area contributed by atoms with Crippen molar-refractivity contribution in [2.24, 2.45) is 0 Å². The van der Waals surface area contributed by atoms with Crippen molar-refractivity contribution in [2.45, 2.75) is 38.1 Å². The van der Waals surface area contributed by atoms with Crippen LogP contribution in [0.1, 0.15) is 16.8 Å². The lowest BCUT2D eigenvalue weighted by molar-refractivity contribution is -0.128. The monoisotopic (exact) mass is 581 g/mol. The summed E-state index contributed by atoms with van der Waals surface area (Å²) in [5.41, 5.74) is 4.51. The number of hydrogen-bond donors (Lipinski definition) is 0. The van der Waals surface area contributed by atoms with Crippen LogP contribution in [0.2, 0.25) is 0 Å². The molecule has 6 rings (SSSR count). The van der Waals surface area contributed by atoms with Crippen molar-refractivity contribution >= 4 is 28.2 Å². The summed E-state index contributed by atoms with van der Waals surface area (Å²) in [5.74, 6) is 0.703. The number of carbonyl (C=O) groups excluding carboxylic acids is 1. The van der Waals surface area contributed by atoms with E-state index in [-0.39, 0.29) is 30.6 Å². The zero-order valence-electron chi connectivity index (χ0n) is 25.2. The lowest BCUT2D eigenvalue weighted by atomic mass is 9.99. The van der Waals surface area contributed by atoms with Gasteiger partial charge in [0.15, 0.2) is 0 Å². The van der Waals surface area contributed by atoms with Crippen molar-refractivity contribution in [2.75, 3.05) is 69.8 Å². The fourth-order valence-corrected chi connectivity index (χ4v) is 6.65. The molecule has 1 amide bonds. The van der Waals surface area contributed by atoms with Gasteiger partial charge in [0.2, 0.25) is 12.5 Å². The first-order chi connectivity index (χ1) is 20.9. The van der Waals surface area contributed by atoms with Crippen LogP contribution in [-0.2, 0) is 22.5 Å². The van der Waals surface area contributed by atoms with E-state index in [2.05, 4.69) is 69.4 Å². The molecular weight excluding hydrogens is 542 g/mol. The van der Waals surface area contributed by atoms with Gasteiger partial charge >= 0.3 is 6.01 Å². The molecule has 0 unspecified atom stereocenters. The van der Waals surface area contributed by atoms with Gasteiger partial charge in [0.05, 0.1) is 31.5 Å². The number of likely N-dealkylation sites (N-methyl/N-ethyl adjacent to an activating group) is 1. The number of piperazine rings is 1. The molecule has 1 aromatic heterocycles. The molecule has 3 aliphatic heterocycles. The van der Waals surface area contributed by atoms with Gasteiger partial charge in [-0.2, -0.15) is 9.97 Å². The minimum atomic E-state index is -0.244. The van der Waals surface area contributed by atoms with E-state index in [4.69, 9.17) is 26.0 Å². The number of carbonyl (C=O) groups is 1. The maximum absolute atomic E-state index is 12.6. The van der Waals surface area contributed by atoms with Gasteiger partial charge in [-0.3, -0.25) is 4.79 Å². The first kappa shape index (κ1) is 28.9. The molecule has 2 saturated heterocycles. The van der Waals surface area contributed by atoms with Crippen LogP contribution >= 0.6 is 0 Å². The molecule has 2 aromatic carbocycles. The second-order valence-electron chi connectivity index (χ2n) is 11.8. The lowest BCUT2D eigenvalue weighted by Gasteiger charge is -2.41. The van der Waals surface area contributed by atoms with Crippen molar-refractivity contribution in [1.82, 2.24) is 19.8 Å². The maximum Gasteiger partial charge on any atom is 0.319 e. The summed E-state index contributed by atoms with van der Waals surface area (Å²) in [6, 6.07) is 13.1. The Hall–Kier alpha value is -4.20. The normalized spacial score (nSPS) is 22.0. The highest BCUT2D eigenvalue weighted by Crippen LogP contribution is 2.36. The molecular formula is C33H39N7O3. The van der Waals surface area contributed by atoms with Crippen LogP contribution in [0.25, 0.3) is 15.6 Å². The molecule has 0 aliphatic carbocycles. The van der Waals surface area contributed by atoms with Gasteiger partial charge < -0.3 is 33.9 Å². The molecule has 0 bridgehead atoms.